The Bertz CT molecular complexity index is 352. The Kier molecular flexibility index (Phi) is 4.62. The lowest BCUT2D eigenvalue weighted by Gasteiger charge is -2.08. The molecule has 0 saturated carbocycles. The molecule has 0 saturated heterocycles. The van der Waals surface area contributed by atoms with Gasteiger partial charge in [0.2, 0.25) is 0 Å². The van der Waals surface area contributed by atoms with Crippen molar-refractivity contribution in [1.29, 1.82) is 0 Å². The number of likely N-dealkylation sites (N-methyl/N-ethyl adjacent to an activating group) is 1. The smallest absolute Gasteiger partial charge is 0.257 e. The van der Waals surface area contributed by atoms with E-state index in [1.807, 2.05) is 32.0 Å². The maximum Gasteiger partial charge on any atom is 0.257 e. The Morgan fingerprint density at radius 2 is 2.27 bits per heavy atom. The molecular weight excluding hydrogens is 258 g/mol. The first-order valence-corrected chi connectivity index (χ1v) is 5.58. The van der Waals surface area contributed by atoms with Gasteiger partial charge in [-0.25, -0.2) is 0 Å². The third kappa shape index (κ3) is 3.91. The molecule has 0 aliphatic heterocycles. The first-order valence-electron chi connectivity index (χ1n) is 4.79. The van der Waals surface area contributed by atoms with Crippen LogP contribution in [0.1, 0.15) is 12.5 Å². The van der Waals surface area contributed by atoms with E-state index in [0.717, 1.165) is 15.8 Å². The fourth-order valence-electron chi connectivity index (χ4n) is 1.17. The van der Waals surface area contributed by atoms with Gasteiger partial charge >= 0.3 is 0 Å². The summed E-state index contributed by atoms with van der Waals surface area (Å²) in [6.45, 7) is 4.51. The standard InChI is InChI=1S/C11H14BrNO2/c1-3-13-11(14)7-15-10-5-4-9(12)6-8(10)2/h4-6H,3,7H2,1-2H3,(H,13,14). The highest BCUT2D eigenvalue weighted by Gasteiger charge is 2.03. The van der Waals surface area contributed by atoms with Crippen LogP contribution in [0.25, 0.3) is 0 Å². The summed E-state index contributed by atoms with van der Waals surface area (Å²) in [6.07, 6.45) is 0. The third-order valence-electron chi connectivity index (χ3n) is 1.87. The Morgan fingerprint density at radius 1 is 1.53 bits per heavy atom. The number of aryl methyl sites for hydroxylation is 1. The molecule has 0 radical (unpaired) electrons. The van der Waals surface area contributed by atoms with E-state index in [0.29, 0.717) is 6.54 Å². The molecule has 0 heterocycles. The highest BCUT2D eigenvalue weighted by Crippen LogP contribution is 2.21. The SMILES string of the molecule is CCNC(=O)COc1ccc(Br)cc1C. The molecule has 4 heteroatoms. The summed E-state index contributed by atoms with van der Waals surface area (Å²) in [5.74, 6) is 0.643. The lowest BCUT2D eigenvalue weighted by molar-refractivity contribution is -0.122. The van der Waals surface area contributed by atoms with Crippen LogP contribution in [0.2, 0.25) is 0 Å². The predicted octanol–water partition coefficient (Wildman–Crippen LogP) is 2.27. The number of ether oxygens (including phenoxy) is 1. The van der Waals surface area contributed by atoms with Gasteiger partial charge in [-0.15, -0.1) is 0 Å². The monoisotopic (exact) mass is 271 g/mol. The number of halogens is 1. The van der Waals surface area contributed by atoms with Crippen LogP contribution in [0.15, 0.2) is 22.7 Å². The third-order valence-corrected chi connectivity index (χ3v) is 2.36. The van der Waals surface area contributed by atoms with Gasteiger partial charge in [-0.1, -0.05) is 15.9 Å². The van der Waals surface area contributed by atoms with Crippen molar-refractivity contribution in [2.24, 2.45) is 0 Å². The maximum atomic E-state index is 11.1. The van der Waals surface area contributed by atoms with Crippen LogP contribution >= 0.6 is 15.9 Å². The molecule has 0 atom stereocenters. The van der Waals surface area contributed by atoms with Gasteiger partial charge in [0.1, 0.15) is 5.75 Å². The molecule has 1 amide bonds. The van der Waals surface area contributed by atoms with Crippen LogP contribution in [0.4, 0.5) is 0 Å². The predicted molar refractivity (Wildman–Crippen MR) is 63.1 cm³/mol. The molecule has 0 bridgehead atoms. The molecule has 0 aliphatic rings. The lowest BCUT2D eigenvalue weighted by Crippen LogP contribution is -2.28. The van der Waals surface area contributed by atoms with E-state index in [1.165, 1.54) is 0 Å². The van der Waals surface area contributed by atoms with Crippen molar-refractivity contribution in [3.63, 3.8) is 0 Å². The summed E-state index contributed by atoms with van der Waals surface area (Å²) < 4.78 is 6.38. The Labute approximate surface area is 97.9 Å². The molecule has 15 heavy (non-hydrogen) atoms. The first kappa shape index (κ1) is 12.0. The van der Waals surface area contributed by atoms with Crippen molar-refractivity contribution >= 4 is 21.8 Å². The zero-order chi connectivity index (χ0) is 11.3. The zero-order valence-corrected chi connectivity index (χ0v) is 10.4. The molecule has 82 valence electrons. The summed E-state index contributed by atoms with van der Waals surface area (Å²) >= 11 is 3.37. The van der Waals surface area contributed by atoms with E-state index in [-0.39, 0.29) is 12.5 Å². The molecule has 0 aliphatic carbocycles. The largest absolute Gasteiger partial charge is 0.484 e. The number of carbonyl (C=O) groups is 1. The molecule has 0 unspecified atom stereocenters. The summed E-state index contributed by atoms with van der Waals surface area (Å²) in [5, 5.41) is 2.67. The molecule has 0 aromatic heterocycles. The summed E-state index contributed by atoms with van der Waals surface area (Å²) in [5.41, 5.74) is 1.01. The van der Waals surface area contributed by atoms with Crippen LogP contribution in [-0.2, 0) is 4.79 Å². The van der Waals surface area contributed by atoms with Gasteiger partial charge in [-0.2, -0.15) is 0 Å². The minimum atomic E-state index is -0.0974. The number of amides is 1. The quantitative estimate of drug-likeness (QED) is 0.913. The van der Waals surface area contributed by atoms with Crippen molar-refractivity contribution in [2.75, 3.05) is 13.2 Å². The molecule has 3 nitrogen and oxygen atoms in total. The first-order chi connectivity index (χ1) is 7.13. The fraction of sp³-hybridized carbons (Fsp3) is 0.364. The molecule has 1 rings (SSSR count). The van der Waals surface area contributed by atoms with Gasteiger partial charge in [0.15, 0.2) is 6.61 Å². The van der Waals surface area contributed by atoms with Gasteiger partial charge in [0.25, 0.3) is 5.91 Å². The highest BCUT2D eigenvalue weighted by molar-refractivity contribution is 9.10. The van der Waals surface area contributed by atoms with E-state index >= 15 is 0 Å². The number of rotatable bonds is 4. The van der Waals surface area contributed by atoms with E-state index in [2.05, 4.69) is 21.2 Å². The number of benzene rings is 1. The van der Waals surface area contributed by atoms with E-state index in [9.17, 15) is 4.79 Å². The van der Waals surface area contributed by atoms with Gasteiger partial charge < -0.3 is 10.1 Å². The summed E-state index contributed by atoms with van der Waals surface area (Å²) in [4.78, 5) is 11.1. The average molecular weight is 272 g/mol. The second-order valence-electron chi connectivity index (χ2n) is 3.15. The molecular formula is C11H14BrNO2. The summed E-state index contributed by atoms with van der Waals surface area (Å²) in [7, 11) is 0. The molecule has 0 spiro atoms. The second-order valence-corrected chi connectivity index (χ2v) is 4.07. The van der Waals surface area contributed by atoms with Crippen LogP contribution in [0.5, 0.6) is 5.75 Å². The van der Waals surface area contributed by atoms with Crippen molar-refractivity contribution in [3.05, 3.63) is 28.2 Å². The molecule has 1 aromatic rings. The van der Waals surface area contributed by atoms with Crippen molar-refractivity contribution < 1.29 is 9.53 Å². The summed E-state index contributed by atoms with van der Waals surface area (Å²) in [6, 6.07) is 5.69. The van der Waals surface area contributed by atoms with Crippen LogP contribution in [-0.4, -0.2) is 19.1 Å². The highest BCUT2D eigenvalue weighted by atomic mass is 79.9. The average Bonchev–Trinajstić information content (AvgIpc) is 2.17. The fourth-order valence-corrected chi connectivity index (χ4v) is 1.64. The zero-order valence-electron chi connectivity index (χ0n) is 8.84. The van der Waals surface area contributed by atoms with E-state index < -0.39 is 0 Å². The van der Waals surface area contributed by atoms with Crippen LogP contribution < -0.4 is 10.1 Å². The van der Waals surface area contributed by atoms with E-state index in [1.54, 1.807) is 0 Å². The number of nitrogens with one attached hydrogen (secondary N) is 1. The van der Waals surface area contributed by atoms with Gasteiger partial charge in [-0.05, 0) is 37.6 Å². The molecule has 0 fully saturated rings. The van der Waals surface area contributed by atoms with Crippen LogP contribution in [0, 0.1) is 6.92 Å². The van der Waals surface area contributed by atoms with Crippen molar-refractivity contribution in [2.45, 2.75) is 13.8 Å². The lowest BCUT2D eigenvalue weighted by atomic mass is 10.2. The number of carbonyl (C=O) groups excluding carboxylic acids is 1. The van der Waals surface area contributed by atoms with Gasteiger partial charge in [-0.3, -0.25) is 4.79 Å². The Balaban J connectivity index is 2.54. The maximum absolute atomic E-state index is 11.1. The van der Waals surface area contributed by atoms with Crippen LogP contribution in [0.3, 0.4) is 0 Å². The minimum Gasteiger partial charge on any atom is -0.484 e. The van der Waals surface area contributed by atoms with Gasteiger partial charge in [0, 0.05) is 11.0 Å². The van der Waals surface area contributed by atoms with E-state index in [4.69, 9.17) is 4.74 Å². The molecule has 1 N–H and O–H groups in total. The molecule has 1 aromatic carbocycles. The number of hydrogen-bond donors (Lipinski definition) is 1. The topological polar surface area (TPSA) is 38.3 Å². The van der Waals surface area contributed by atoms with Crippen molar-refractivity contribution in [3.8, 4) is 5.75 Å². The van der Waals surface area contributed by atoms with Crippen molar-refractivity contribution in [1.82, 2.24) is 5.32 Å². The normalized spacial score (nSPS) is 9.80. The second kappa shape index (κ2) is 5.75. The Hall–Kier alpha value is -1.03. The minimum absolute atomic E-state index is 0.0658. The van der Waals surface area contributed by atoms with Gasteiger partial charge in [0.05, 0.1) is 0 Å². The number of hydrogen-bond acceptors (Lipinski definition) is 2. The Morgan fingerprint density at radius 3 is 2.87 bits per heavy atom.